The third-order valence-electron chi connectivity index (χ3n) is 4.49. The van der Waals surface area contributed by atoms with Crippen LogP contribution in [0, 0.1) is 0 Å². The van der Waals surface area contributed by atoms with Crippen LogP contribution in [0.3, 0.4) is 0 Å². The number of hydrogen-bond acceptors (Lipinski definition) is 5. The quantitative estimate of drug-likeness (QED) is 0.755. The lowest BCUT2D eigenvalue weighted by Crippen LogP contribution is -2.32. The molecule has 3 heterocycles. The molecule has 1 fully saturated rings. The molecule has 2 aromatic heterocycles. The smallest absolute Gasteiger partial charge is 0.254 e. The zero-order valence-electron chi connectivity index (χ0n) is 13.7. The summed E-state index contributed by atoms with van der Waals surface area (Å²) in [5, 5.41) is 6.67. The fourth-order valence-corrected chi connectivity index (χ4v) is 3.22. The van der Waals surface area contributed by atoms with Gasteiger partial charge in [-0.15, -0.1) is 0 Å². The second-order valence-corrected chi connectivity index (χ2v) is 5.96. The Labute approximate surface area is 144 Å². The molecule has 8 nitrogen and oxygen atoms in total. The van der Waals surface area contributed by atoms with Crippen LogP contribution in [0.25, 0.3) is 11.4 Å². The fourth-order valence-electron chi connectivity index (χ4n) is 3.22. The Hall–Kier alpha value is -3.00. The van der Waals surface area contributed by atoms with Gasteiger partial charge in [0.1, 0.15) is 12.2 Å². The number of carbonyl (C=O) groups is 1. The van der Waals surface area contributed by atoms with Crippen molar-refractivity contribution >= 4 is 5.91 Å². The second kappa shape index (κ2) is 6.48. The highest BCUT2D eigenvalue weighted by atomic mass is 16.5. The largest absolute Gasteiger partial charge is 0.380 e. The van der Waals surface area contributed by atoms with Crippen molar-refractivity contribution < 1.29 is 9.53 Å². The number of ether oxygens (including phenoxy) is 1. The predicted octanol–water partition coefficient (Wildman–Crippen LogP) is 1.80. The van der Waals surface area contributed by atoms with Crippen LogP contribution in [0.4, 0.5) is 0 Å². The van der Waals surface area contributed by atoms with Gasteiger partial charge in [-0.2, -0.15) is 5.10 Å². The maximum atomic E-state index is 13.1. The van der Waals surface area contributed by atoms with Gasteiger partial charge in [0.25, 0.3) is 5.91 Å². The maximum Gasteiger partial charge on any atom is 0.254 e. The second-order valence-electron chi connectivity index (χ2n) is 5.96. The Bertz CT molecular complexity index is 846. The molecule has 4 rings (SSSR count). The van der Waals surface area contributed by atoms with E-state index in [0.29, 0.717) is 17.9 Å². The molecular weight excluding hydrogens is 320 g/mol. The molecule has 25 heavy (non-hydrogen) atoms. The number of aromatic amines is 2. The van der Waals surface area contributed by atoms with Crippen molar-refractivity contribution in [3.63, 3.8) is 0 Å². The highest BCUT2D eigenvalue weighted by Crippen LogP contribution is 2.33. The van der Waals surface area contributed by atoms with Crippen LogP contribution >= 0.6 is 0 Å². The van der Waals surface area contributed by atoms with E-state index in [9.17, 15) is 4.79 Å². The lowest BCUT2D eigenvalue weighted by Gasteiger charge is -2.23. The average molecular weight is 338 g/mol. The summed E-state index contributed by atoms with van der Waals surface area (Å²) >= 11 is 0. The number of carbonyl (C=O) groups excluding carboxylic acids is 1. The molecule has 0 radical (unpaired) electrons. The number of amides is 1. The Balaban J connectivity index is 1.64. The molecule has 0 aliphatic carbocycles. The summed E-state index contributed by atoms with van der Waals surface area (Å²) in [6, 6.07) is 7.24. The number of benzene rings is 1. The number of H-pyrrole nitrogens is 2. The molecule has 128 valence electrons. The molecular formula is C17H18N6O2. The summed E-state index contributed by atoms with van der Waals surface area (Å²) < 4.78 is 5.48. The van der Waals surface area contributed by atoms with Crippen LogP contribution in [0.1, 0.15) is 28.6 Å². The van der Waals surface area contributed by atoms with Gasteiger partial charge in [-0.1, -0.05) is 12.1 Å². The molecule has 3 aromatic rings. The molecule has 0 bridgehead atoms. The molecule has 1 unspecified atom stereocenters. The molecule has 1 aliphatic rings. The van der Waals surface area contributed by atoms with E-state index in [4.69, 9.17) is 4.74 Å². The summed E-state index contributed by atoms with van der Waals surface area (Å²) in [6.45, 7) is 0.535. The minimum absolute atomic E-state index is 0.00323. The number of nitrogens with one attached hydrogen (secondary N) is 2. The number of imidazole rings is 1. The summed E-state index contributed by atoms with van der Waals surface area (Å²) in [5.74, 6) is 1.36. The monoisotopic (exact) mass is 338 g/mol. The number of hydrogen-bond donors (Lipinski definition) is 2. The number of methoxy groups -OCH3 is 1. The molecule has 8 heteroatoms. The van der Waals surface area contributed by atoms with Crippen LogP contribution in [0.15, 0.2) is 43.0 Å². The Kier molecular flexibility index (Phi) is 4.02. The zero-order valence-corrected chi connectivity index (χ0v) is 13.7. The molecule has 0 saturated carbocycles. The SMILES string of the molecule is CO[C@@H]1CC(c2ncc[nH]2)N(C(=O)c2cccc(-c3ncn[nH]3)c2)C1. The van der Waals surface area contributed by atoms with Crippen LogP contribution in [0.5, 0.6) is 0 Å². The van der Waals surface area contributed by atoms with Crippen molar-refractivity contribution in [3.8, 4) is 11.4 Å². The number of aromatic nitrogens is 5. The highest BCUT2D eigenvalue weighted by molar-refractivity contribution is 5.95. The fraction of sp³-hybridized carbons (Fsp3) is 0.294. The lowest BCUT2D eigenvalue weighted by molar-refractivity contribution is 0.0684. The van der Waals surface area contributed by atoms with Gasteiger partial charge in [-0.05, 0) is 12.1 Å². The van der Waals surface area contributed by atoms with Gasteiger partial charge in [0.2, 0.25) is 0 Å². The molecule has 2 atom stereocenters. The van der Waals surface area contributed by atoms with Gasteiger partial charge in [-0.3, -0.25) is 9.89 Å². The van der Waals surface area contributed by atoms with Crippen molar-refractivity contribution in [1.29, 1.82) is 0 Å². The standard InChI is InChI=1S/C17H18N6O2/c1-25-13-8-14(16-18-5-6-19-16)23(9-13)17(24)12-4-2-3-11(7-12)15-20-10-21-22-15/h2-7,10,13-14H,8-9H2,1H3,(H,18,19)(H,20,21,22)/t13-,14?/m1/s1. The van der Waals surface area contributed by atoms with E-state index in [1.165, 1.54) is 6.33 Å². The summed E-state index contributed by atoms with van der Waals surface area (Å²) in [6.07, 6.45) is 5.63. The first kappa shape index (κ1) is 15.5. The molecule has 1 saturated heterocycles. The zero-order chi connectivity index (χ0) is 17.2. The van der Waals surface area contributed by atoms with Crippen LogP contribution in [-0.2, 0) is 4.74 Å². The molecule has 2 N–H and O–H groups in total. The first-order valence-corrected chi connectivity index (χ1v) is 8.05. The first-order valence-electron chi connectivity index (χ1n) is 8.05. The van der Waals surface area contributed by atoms with Crippen LogP contribution in [0.2, 0.25) is 0 Å². The first-order chi connectivity index (χ1) is 12.3. The van der Waals surface area contributed by atoms with Gasteiger partial charge in [0.15, 0.2) is 5.82 Å². The van der Waals surface area contributed by atoms with E-state index < -0.39 is 0 Å². The minimum atomic E-state index is -0.124. The van der Waals surface area contributed by atoms with Crippen molar-refractivity contribution in [2.24, 2.45) is 0 Å². The van der Waals surface area contributed by atoms with E-state index >= 15 is 0 Å². The van der Waals surface area contributed by atoms with Crippen LogP contribution < -0.4 is 0 Å². The molecule has 1 aliphatic heterocycles. The van der Waals surface area contributed by atoms with Crippen molar-refractivity contribution in [3.05, 3.63) is 54.4 Å². The maximum absolute atomic E-state index is 13.1. The number of rotatable bonds is 4. The summed E-state index contributed by atoms with van der Waals surface area (Å²) in [7, 11) is 1.67. The topological polar surface area (TPSA) is 99.8 Å². The lowest BCUT2D eigenvalue weighted by atomic mass is 10.1. The van der Waals surface area contributed by atoms with Gasteiger partial charge < -0.3 is 14.6 Å². The Morgan fingerprint density at radius 2 is 2.28 bits per heavy atom. The molecule has 1 amide bonds. The molecule has 0 spiro atoms. The van der Waals surface area contributed by atoms with Crippen molar-refractivity contribution in [1.82, 2.24) is 30.0 Å². The Morgan fingerprint density at radius 1 is 1.36 bits per heavy atom. The third-order valence-corrected chi connectivity index (χ3v) is 4.49. The summed E-state index contributed by atoms with van der Waals surface area (Å²) in [5.41, 5.74) is 1.42. The Morgan fingerprint density at radius 3 is 3.00 bits per heavy atom. The number of likely N-dealkylation sites (tertiary alicyclic amines) is 1. The van der Waals surface area contributed by atoms with E-state index in [-0.39, 0.29) is 18.1 Å². The number of nitrogens with zero attached hydrogens (tertiary/aromatic N) is 4. The van der Waals surface area contributed by atoms with E-state index in [1.54, 1.807) is 19.5 Å². The van der Waals surface area contributed by atoms with Gasteiger partial charge in [0.05, 0.1) is 12.1 Å². The molecule has 1 aromatic carbocycles. The van der Waals surface area contributed by atoms with E-state index in [1.807, 2.05) is 29.2 Å². The van der Waals surface area contributed by atoms with Gasteiger partial charge in [0, 0.05) is 43.6 Å². The van der Waals surface area contributed by atoms with Crippen molar-refractivity contribution in [2.75, 3.05) is 13.7 Å². The average Bonchev–Trinajstić information content (AvgIpc) is 3.42. The van der Waals surface area contributed by atoms with E-state index in [2.05, 4.69) is 25.1 Å². The summed E-state index contributed by atoms with van der Waals surface area (Å²) in [4.78, 5) is 26.5. The van der Waals surface area contributed by atoms with Gasteiger partial charge in [-0.25, -0.2) is 9.97 Å². The van der Waals surface area contributed by atoms with E-state index in [0.717, 1.165) is 17.8 Å². The van der Waals surface area contributed by atoms with Crippen molar-refractivity contribution in [2.45, 2.75) is 18.6 Å². The van der Waals surface area contributed by atoms with Gasteiger partial charge >= 0.3 is 0 Å². The predicted molar refractivity (Wildman–Crippen MR) is 89.6 cm³/mol. The van der Waals surface area contributed by atoms with Crippen LogP contribution in [-0.4, -0.2) is 55.7 Å². The third kappa shape index (κ3) is 2.91. The normalized spacial score (nSPS) is 20.1. The minimum Gasteiger partial charge on any atom is -0.380 e. The highest BCUT2D eigenvalue weighted by Gasteiger charge is 2.38.